The van der Waals surface area contributed by atoms with E-state index < -0.39 is 0 Å². The van der Waals surface area contributed by atoms with E-state index in [0.29, 0.717) is 6.54 Å². The molecule has 1 unspecified atom stereocenters. The summed E-state index contributed by atoms with van der Waals surface area (Å²) in [5, 5.41) is 5.46. The average Bonchev–Trinajstić information content (AvgIpc) is 2.61. The number of carbonyl (C=O) groups is 2. The maximum Gasteiger partial charge on any atom is 0.233 e. The van der Waals surface area contributed by atoms with Crippen LogP contribution in [0.1, 0.15) is 19.4 Å². The first-order valence-electron chi connectivity index (χ1n) is 8.30. The molecule has 0 aliphatic carbocycles. The molecular weight excluding hydrogens is 348 g/mol. The third kappa shape index (κ3) is 5.77. The van der Waals surface area contributed by atoms with Gasteiger partial charge in [0.2, 0.25) is 11.8 Å². The lowest BCUT2D eigenvalue weighted by atomic mass is 10.2. The number of anilines is 2. The summed E-state index contributed by atoms with van der Waals surface area (Å²) in [5.41, 5.74) is 1.72. The molecule has 0 saturated carbocycles. The number of pyridine rings is 1. The van der Waals surface area contributed by atoms with Gasteiger partial charge in [0.1, 0.15) is 5.82 Å². The molecule has 26 heavy (non-hydrogen) atoms. The number of aromatic nitrogens is 1. The number of hydrogen-bond acceptors (Lipinski definition) is 5. The van der Waals surface area contributed by atoms with Crippen molar-refractivity contribution in [3.63, 3.8) is 0 Å². The smallest absolute Gasteiger partial charge is 0.233 e. The topological polar surface area (TPSA) is 74.3 Å². The van der Waals surface area contributed by atoms with Crippen molar-refractivity contribution in [2.45, 2.75) is 30.5 Å². The molecule has 2 aromatic rings. The van der Waals surface area contributed by atoms with Crippen molar-refractivity contribution in [1.29, 1.82) is 0 Å². The summed E-state index contributed by atoms with van der Waals surface area (Å²) in [5.74, 6) is 0.710. The molecule has 0 aliphatic heterocycles. The van der Waals surface area contributed by atoms with Crippen molar-refractivity contribution in [2.75, 3.05) is 24.3 Å². The van der Waals surface area contributed by atoms with Crippen LogP contribution in [-0.4, -0.2) is 36.1 Å². The van der Waals surface area contributed by atoms with E-state index in [0.717, 1.165) is 22.0 Å². The quantitative estimate of drug-likeness (QED) is 0.731. The first-order chi connectivity index (χ1) is 12.4. The predicted molar refractivity (Wildman–Crippen MR) is 106 cm³/mol. The van der Waals surface area contributed by atoms with Crippen molar-refractivity contribution >= 4 is 35.1 Å². The Morgan fingerprint density at radius 1 is 1.19 bits per heavy atom. The zero-order valence-electron chi connectivity index (χ0n) is 15.4. The number of benzene rings is 1. The molecule has 2 rings (SSSR count). The molecule has 0 bridgehead atoms. The van der Waals surface area contributed by atoms with Gasteiger partial charge in [-0.2, -0.15) is 0 Å². The van der Waals surface area contributed by atoms with E-state index in [1.54, 1.807) is 6.20 Å². The van der Waals surface area contributed by atoms with Gasteiger partial charge < -0.3 is 15.5 Å². The Balaban J connectivity index is 1.91. The van der Waals surface area contributed by atoms with Gasteiger partial charge in [0.25, 0.3) is 0 Å². The molecule has 0 radical (unpaired) electrons. The van der Waals surface area contributed by atoms with Crippen LogP contribution in [0.3, 0.4) is 0 Å². The van der Waals surface area contributed by atoms with Gasteiger partial charge in [-0.3, -0.25) is 9.59 Å². The van der Waals surface area contributed by atoms with Crippen molar-refractivity contribution in [1.82, 2.24) is 10.3 Å². The zero-order chi connectivity index (χ0) is 19.1. The van der Waals surface area contributed by atoms with Gasteiger partial charge in [0.15, 0.2) is 0 Å². The van der Waals surface area contributed by atoms with E-state index in [1.807, 2.05) is 62.3 Å². The highest BCUT2D eigenvalue weighted by atomic mass is 32.2. The van der Waals surface area contributed by atoms with Gasteiger partial charge in [-0.15, -0.1) is 11.8 Å². The molecule has 2 N–H and O–H groups in total. The van der Waals surface area contributed by atoms with Crippen LogP contribution in [-0.2, 0) is 16.1 Å². The molecule has 138 valence electrons. The van der Waals surface area contributed by atoms with Crippen LogP contribution in [0.15, 0.2) is 47.5 Å². The molecule has 1 heterocycles. The fourth-order valence-corrected chi connectivity index (χ4v) is 3.27. The van der Waals surface area contributed by atoms with Crippen LogP contribution in [0.25, 0.3) is 0 Å². The zero-order valence-corrected chi connectivity index (χ0v) is 16.3. The van der Waals surface area contributed by atoms with Crippen molar-refractivity contribution in [3.8, 4) is 0 Å². The Morgan fingerprint density at radius 2 is 1.88 bits per heavy atom. The van der Waals surface area contributed by atoms with Gasteiger partial charge in [-0.25, -0.2) is 4.98 Å². The van der Waals surface area contributed by atoms with E-state index in [1.165, 1.54) is 18.7 Å². The number of thioether (sulfide) groups is 1. The van der Waals surface area contributed by atoms with Crippen molar-refractivity contribution in [2.24, 2.45) is 0 Å². The molecule has 0 spiro atoms. The highest BCUT2D eigenvalue weighted by molar-refractivity contribution is 8.00. The van der Waals surface area contributed by atoms with Gasteiger partial charge in [-0.05, 0) is 37.3 Å². The first kappa shape index (κ1) is 19.8. The Morgan fingerprint density at radius 3 is 2.50 bits per heavy atom. The highest BCUT2D eigenvalue weighted by Crippen LogP contribution is 2.25. The molecule has 0 aliphatic rings. The SMILES string of the molecule is CC(=O)Nc1ccc(SC(C)C(=O)NCc2cccnc2N(C)C)cc1. The van der Waals surface area contributed by atoms with Crippen LogP contribution >= 0.6 is 11.8 Å². The molecule has 0 fully saturated rings. The van der Waals surface area contributed by atoms with E-state index in [9.17, 15) is 9.59 Å². The monoisotopic (exact) mass is 372 g/mol. The average molecular weight is 372 g/mol. The van der Waals surface area contributed by atoms with Crippen molar-refractivity contribution < 1.29 is 9.59 Å². The number of amides is 2. The van der Waals surface area contributed by atoms with Crippen LogP contribution in [0.5, 0.6) is 0 Å². The Labute approximate surface area is 158 Å². The highest BCUT2D eigenvalue weighted by Gasteiger charge is 2.15. The first-order valence-corrected chi connectivity index (χ1v) is 9.18. The van der Waals surface area contributed by atoms with E-state index in [4.69, 9.17) is 0 Å². The number of rotatable bonds is 7. The standard InChI is InChI=1S/C19H24N4O2S/c1-13(26-17-9-7-16(8-10-17)22-14(2)24)19(25)21-12-15-6-5-11-20-18(15)23(3)4/h5-11,13H,12H2,1-4H3,(H,21,25)(H,22,24). The number of carbonyl (C=O) groups excluding carboxylic acids is 2. The molecule has 0 saturated heterocycles. The molecule has 7 heteroatoms. The number of nitrogens with zero attached hydrogens (tertiary/aromatic N) is 2. The molecule has 1 aromatic heterocycles. The largest absolute Gasteiger partial charge is 0.362 e. The summed E-state index contributed by atoms with van der Waals surface area (Å²) in [4.78, 5) is 30.7. The Kier molecular flexibility index (Phi) is 7.03. The summed E-state index contributed by atoms with van der Waals surface area (Å²) in [6.07, 6.45) is 1.74. The minimum Gasteiger partial charge on any atom is -0.362 e. The third-order valence-electron chi connectivity index (χ3n) is 3.60. The van der Waals surface area contributed by atoms with E-state index >= 15 is 0 Å². The third-order valence-corrected chi connectivity index (χ3v) is 4.71. The summed E-state index contributed by atoms with van der Waals surface area (Å²) in [7, 11) is 3.85. The lowest BCUT2D eigenvalue weighted by Gasteiger charge is -2.17. The number of hydrogen-bond donors (Lipinski definition) is 2. The lowest BCUT2D eigenvalue weighted by Crippen LogP contribution is -2.31. The lowest BCUT2D eigenvalue weighted by molar-refractivity contribution is -0.120. The molecule has 6 nitrogen and oxygen atoms in total. The fraction of sp³-hybridized carbons (Fsp3) is 0.316. The minimum absolute atomic E-state index is 0.0329. The van der Waals surface area contributed by atoms with Crippen LogP contribution in [0.4, 0.5) is 11.5 Å². The molecule has 1 aromatic carbocycles. The molecule has 1 atom stereocenters. The van der Waals surface area contributed by atoms with Gasteiger partial charge in [0, 0.05) is 49.9 Å². The van der Waals surface area contributed by atoms with Crippen LogP contribution < -0.4 is 15.5 Å². The molecular formula is C19H24N4O2S. The van der Waals surface area contributed by atoms with Gasteiger partial charge in [-0.1, -0.05) is 6.07 Å². The molecule has 2 amide bonds. The van der Waals surface area contributed by atoms with Gasteiger partial charge >= 0.3 is 0 Å². The van der Waals surface area contributed by atoms with Crippen LogP contribution in [0, 0.1) is 0 Å². The normalized spacial score (nSPS) is 11.5. The summed E-state index contributed by atoms with van der Waals surface area (Å²) in [6.45, 7) is 3.78. The maximum atomic E-state index is 12.4. The second-order valence-electron chi connectivity index (χ2n) is 6.06. The van der Waals surface area contributed by atoms with Gasteiger partial charge in [0.05, 0.1) is 5.25 Å². The summed E-state index contributed by atoms with van der Waals surface area (Å²) < 4.78 is 0. The Bertz CT molecular complexity index is 762. The van der Waals surface area contributed by atoms with E-state index in [2.05, 4.69) is 15.6 Å². The number of nitrogens with one attached hydrogen (secondary N) is 2. The second kappa shape index (κ2) is 9.24. The fourth-order valence-electron chi connectivity index (χ4n) is 2.37. The van der Waals surface area contributed by atoms with Crippen LogP contribution in [0.2, 0.25) is 0 Å². The maximum absolute atomic E-state index is 12.4. The second-order valence-corrected chi connectivity index (χ2v) is 7.48. The summed E-state index contributed by atoms with van der Waals surface area (Å²) in [6, 6.07) is 11.3. The minimum atomic E-state index is -0.235. The van der Waals surface area contributed by atoms with E-state index in [-0.39, 0.29) is 17.1 Å². The predicted octanol–water partition coefficient (Wildman–Crippen LogP) is 2.90. The Hall–Kier alpha value is -2.54. The van der Waals surface area contributed by atoms with Crippen molar-refractivity contribution in [3.05, 3.63) is 48.2 Å². The summed E-state index contributed by atoms with van der Waals surface area (Å²) >= 11 is 1.47.